The van der Waals surface area contributed by atoms with Crippen LogP contribution in [0.4, 0.5) is 5.69 Å². The molecule has 0 fully saturated rings. The van der Waals surface area contributed by atoms with Gasteiger partial charge in [0.05, 0.1) is 43.0 Å². The molecule has 5 aromatic rings. The third-order valence-corrected chi connectivity index (χ3v) is 5.95. The van der Waals surface area contributed by atoms with E-state index < -0.39 is 6.04 Å². The highest BCUT2D eigenvalue weighted by Crippen LogP contribution is 2.30. The maximum atomic E-state index is 14.0. The fourth-order valence-corrected chi connectivity index (χ4v) is 4.24. The Kier molecular flexibility index (Phi) is 6.36. The quantitative estimate of drug-likeness (QED) is 0.237. The smallest absolute Gasteiger partial charge is 0.302 e. The summed E-state index contributed by atoms with van der Waals surface area (Å²) in [6.07, 6.45) is 7.34. The Labute approximate surface area is 207 Å². The number of hydrogen-bond acceptors (Lipinski definition) is 7. The Morgan fingerprint density at radius 1 is 1.14 bits per heavy atom. The molecule has 1 unspecified atom stereocenters. The van der Waals surface area contributed by atoms with Crippen LogP contribution in [0.5, 0.6) is 5.75 Å². The second-order valence-electron chi connectivity index (χ2n) is 8.33. The highest BCUT2D eigenvalue weighted by molar-refractivity contribution is 6.11. The zero-order chi connectivity index (χ0) is 25.1. The molecule has 0 spiro atoms. The van der Waals surface area contributed by atoms with E-state index in [-0.39, 0.29) is 18.4 Å². The second kappa shape index (κ2) is 9.91. The first-order valence-corrected chi connectivity index (χ1v) is 11.5. The van der Waals surface area contributed by atoms with Crippen molar-refractivity contribution in [1.82, 2.24) is 19.6 Å². The van der Waals surface area contributed by atoms with E-state index in [0.29, 0.717) is 29.1 Å². The van der Waals surface area contributed by atoms with Gasteiger partial charge < -0.3 is 19.8 Å². The first-order chi connectivity index (χ1) is 17.5. The molecule has 2 N–H and O–H groups in total. The predicted octanol–water partition coefficient (Wildman–Crippen LogP) is 4.36. The summed E-state index contributed by atoms with van der Waals surface area (Å²) in [7, 11) is 1.57. The molecule has 0 saturated heterocycles. The number of aromatic nitrogens is 4. The van der Waals surface area contributed by atoms with Gasteiger partial charge in [-0.2, -0.15) is 5.10 Å². The van der Waals surface area contributed by atoms with Crippen molar-refractivity contribution in [3.8, 4) is 5.75 Å². The van der Waals surface area contributed by atoms with E-state index in [1.54, 1.807) is 36.3 Å². The molecule has 4 heterocycles. The van der Waals surface area contributed by atoms with Gasteiger partial charge >= 0.3 is 5.97 Å². The molecule has 0 bridgehead atoms. The zero-order valence-corrected chi connectivity index (χ0v) is 19.9. The van der Waals surface area contributed by atoms with Crippen molar-refractivity contribution in [3.05, 3.63) is 90.1 Å². The van der Waals surface area contributed by atoms with Gasteiger partial charge in [0.2, 0.25) is 0 Å². The van der Waals surface area contributed by atoms with Crippen molar-refractivity contribution in [1.29, 1.82) is 0 Å². The van der Waals surface area contributed by atoms with Crippen LogP contribution in [0.3, 0.4) is 0 Å². The number of fused-ring (bicyclic) bond motifs is 2. The number of para-hydroxylation sites is 1. The summed E-state index contributed by atoms with van der Waals surface area (Å²) in [5.74, 6) is 0.105. The number of hydrogen-bond donors (Lipinski definition) is 2. The van der Waals surface area contributed by atoms with E-state index in [0.717, 1.165) is 22.0 Å². The number of aromatic amines is 1. The number of pyridine rings is 2. The third-order valence-electron chi connectivity index (χ3n) is 5.95. The van der Waals surface area contributed by atoms with Gasteiger partial charge in [-0.25, -0.2) is 4.52 Å². The highest BCUT2D eigenvalue weighted by Gasteiger charge is 2.27. The number of rotatable bonds is 9. The number of nitrogens with zero attached hydrogens (tertiary/aromatic N) is 3. The number of methoxy groups -OCH3 is 1. The van der Waals surface area contributed by atoms with Gasteiger partial charge in [0.15, 0.2) is 5.78 Å². The van der Waals surface area contributed by atoms with E-state index in [1.807, 2.05) is 48.7 Å². The van der Waals surface area contributed by atoms with Crippen molar-refractivity contribution >= 4 is 33.9 Å². The molecule has 9 nitrogen and oxygen atoms in total. The summed E-state index contributed by atoms with van der Waals surface area (Å²) >= 11 is 0. The Morgan fingerprint density at radius 2 is 2.03 bits per heavy atom. The average Bonchev–Trinajstić information content (AvgIpc) is 3.52. The summed E-state index contributed by atoms with van der Waals surface area (Å²) in [5, 5.41) is 8.76. The molecular weight excluding hydrogens is 458 g/mol. The molecule has 0 saturated carbocycles. The number of carbonyl (C=O) groups excluding carboxylic acids is 2. The highest BCUT2D eigenvalue weighted by atomic mass is 16.5. The van der Waals surface area contributed by atoms with Gasteiger partial charge in [-0.15, -0.1) is 0 Å². The lowest BCUT2D eigenvalue weighted by atomic mass is 9.99. The Bertz CT molecular complexity index is 1520. The van der Waals surface area contributed by atoms with Crippen LogP contribution in [-0.2, 0) is 16.0 Å². The van der Waals surface area contributed by atoms with Crippen molar-refractivity contribution < 1.29 is 19.1 Å². The van der Waals surface area contributed by atoms with E-state index in [4.69, 9.17) is 9.47 Å². The van der Waals surface area contributed by atoms with Gasteiger partial charge in [0, 0.05) is 48.3 Å². The Balaban J connectivity index is 1.53. The van der Waals surface area contributed by atoms with Crippen LogP contribution in [0.1, 0.15) is 34.6 Å². The number of H-pyrrole nitrogens is 1. The normalized spacial score (nSPS) is 11.9. The Morgan fingerprint density at radius 3 is 2.83 bits per heavy atom. The van der Waals surface area contributed by atoms with Crippen LogP contribution < -0.4 is 10.1 Å². The molecule has 1 aromatic carbocycles. The largest absolute Gasteiger partial charge is 0.495 e. The molecule has 36 heavy (non-hydrogen) atoms. The van der Waals surface area contributed by atoms with Gasteiger partial charge in [-0.3, -0.25) is 14.6 Å². The van der Waals surface area contributed by atoms with Crippen molar-refractivity contribution in [2.45, 2.75) is 19.4 Å². The van der Waals surface area contributed by atoms with Gasteiger partial charge in [-0.1, -0.05) is 24.3 Å². The lowest BCUT2D eigenvalue weighted by molar-refractivity contribution is -0.140. The van der Waals surface area contributed by atoms with Crippen molar-refractivity contribution in [2.24, 2.45) is 0 Å². The predicted molar refractivity (Wildman–Crippen MR) is 135 cm³/mol. The third kappa shape index (κ3) is 4.63. The number of nitrogens with one attached hydrogen (secondary N) is 2. The van der Waals surface area contributed by atoms with Crippen LogP contribution >= 0.6 is 0 Å². The first-order valence-electron chi connectivity index (χ1n) is 11.5. The number of carbonyl (C=O) groups is 2. The monoisotopic (exact) mass is 483 g/mol. The number of ketones is 1. The molecule has 0 radical (unpaired) electrons. The number of anilines is 1. The fourth-order valence-electron chi connectivity index (χ4n) is 4.24. The topological polar surface area (TPSA) is 111 Å². The zero-order valence-electron chi connectivity index (χ0n) is 19.9. The standard InChI is InChI=1S/C27H25N5O4/c1-17(33)36-11-9-18-6-5-8-22-23(16-29-25(18)22)27(34)26(30-19-12-21(35-2)15-28-14-19)24-13-20-7-3-4-10-32(20)31-24/h3-8,10,12-16,26,29-30H,9,11H2,1-2H3. The van der Waals surface area contributed by atoms with Crippen molar-refractivity contribution in [2.75, 3.05) is 19.0 Å². The second-order valence-corrected chi connectivity index (χ2v) is 8.33. The minimum absolute atomic E-state index is 0.149. The van der Waals surface area contributed by atoms with Gasteiger partial charge in [0.25, 0.3) is 0 Å². The fraction of sp³-hybridized carbons (Fsp3) is 0.185. The van der Waals surface area contributed by atoms with Gasteiger partial charge in [0.1, 0.15) is 11.8 Å². The number of Topliss-reactive ketones (excluding diaryl/α,β-unsaturated/α-hetero) is 1. The van der Waals surface area contributed by atoms with Crippen LogP contribution in [0.25, 0.3) is 16.4 Å². The molecule has 0 aliphatic heterocycles. The molecule has 0 aliphatic rings. The number of esters is 1. The summed E-state index contributed by atoms with van der Waals surface area (Å²) in [5.41, 5.74) is 4.42. The molecule has 1 atom stereocenters. The molecule has 4 aromatic heterocycles. The molecule has 5 rings (SSSR count). The summed E-state index contributed by atoms with van der Waals surface area (Å²) < 4.78 is 12.1. The van der Waals surface area contributed by atoms with Crippen molar-refractivity contribution in [3.63, 3.8) is 0 Å². The van der Waals surface area contributed by atoms with E-state index >= 15 is 0 Å². The Hall–Kier alpha value is -4.66. The average molecular weight is 484 g/mol. The molecule has 0 amide bonds. The SMILES string of the molecule is COc1cncc(NC(C(=O)c2c[nH]c3c(CCOC(C)=O)cccc23)c2cc3ccccn3n2)c1. The first kappa shape index (κ1) is 23.1. The summed E-state index contributed by atoms with van der Waals surface area (Å²) in [4.78, 5) is 32.6. The molecular formula is C27H25N5O4. The van der Waals surface area contributed by atoms with Crippen LogP contribution in [0, 0.1) is 0 Å². The summed E-state index contributed by atoms with van der Waals surface area (Å²) in [6.45, 7) is 1.65. The minimum Gasteiger partial charge on any atom is -0.495 e. The molecule has 9 heteroatoms. The number of benzene rings is 1. The van der Waals surface area contributed by atoms with Crippen LogP contribution in [0.15, 0.2) is 73.3 Å². The minimum atomic E-state index is -0.775. The van der Waals surface area contributed by atoms with E-state index in [9.17, 15) is 9.59 Å². The molecule has 182 valence electrons. The van der Waals surface area contributed by atoms with E-state index in [1.165, 1.54) is 6.92 Å². The van der Waals surface area contributed by atoms with Crippen LogP contribution in [-0.4, -0.2) is 45.1 Å². The lowest BCUT2D eigenvalue weighted by Gasteiger charge is -2.17. The van der Waals surface area contributed by atoms with E-state index in [2.05, 4.69) is 20.4 Å². The molecule has 0 aliphatic carbocycles. The van der Waals surface area contributed by atoms with Gasteiger partial charge in [-0.05, 0) is 23.8 Å². The van der Waals surface area contributed by atoms with Crippen LogP contribution in [0.2, 0.25) is 0 Å². The maximum Gasteiger partial charge on any atom is 0.302 e. The lowest BCUT2D eigenvalue weighted by Crippen LogP contribution is -2.22. The summed E-state index contributed by atoms with van der Waals surface area (Å²) in [6, 6.07) is 14.4. The maximum absolute atomic E-state index is 14.0. The number of ether oxygens (including phenoxy) is 2.